The number of ether oxygens (including phenoxy) is 1. The molecule has 0 radical (unpaired) electrons. The predicted molar refractivity (Wildman–Crippen MR) is 66.0 cm³/mol. The summed E-state index contributed by atoms with van der Waals surface area (Å²) in [5.41, 5.74) is 0.795. The molecule has 0 aromatic heterocycles. The summed E-state index contributed by atoms with van der Waals surface area (Å²) < 4.78 is 5.31. The third-order valence-electron chi connectivity index (χ3n) is 3.04. The van der Waals surface area contributed by atoms with Gasteiger partial charge in [-0.1, -0.05) is 17.7 Å². The van der Waals surface area contributed by atoms with Gasteiger partial charge < -0.3 is 14.7 Å². The Bertz CT molecular complexity index is 430. The number of carbonyl (C=O) groups is 1. The maximum atomic E-state index is 11.2. The lowest BCUT2D eigenvalue weighted by molar-refractivity contribution is 0.0697. The molecular formula is C12H14ClNO3. The van der Waals surface area contributed by atoms with Crippen LogP contribution in [0.1, 0.15) is 16.8 Å². The lowest BCUT2D eigenvalue weighted by atomic mass is 10.1. The van der Waals surface area contributed by atoms with Crippen molar-refractivity contribution in [3.05, 3.63) is 28.8 Å². The standard InChI is InChI=1S/C12H14ClNO3/c1-14(8-5-6-17-7-8)10-4-2-3-9(13)11(10)12(15)16/h2-4,8H,5-7H2,1H3,(H,15,16). The number of nitrogens with zero attached hydrogens (tertiary/aromatic N) is 1. The van der Waals surface area contributed by atoms with Crippen LogP contribution in [0.4, 0.5) is 5.69 Å². The Labute approximate surface area is 105 Å². The minimum Gasteiger partial charge on any atom is -0.478 e. The quantitative estimate of drug-likeness (QED) is 0.900. The van der Waals surface area contributed by atoms with Crippen LogP contribution < -0.4 is 4.90 Å². The maximum absolute atomic E-state index is 11.2. The van der Waals surface area contributed by atoms with Crippen LogP contribution in [0.3, 0.4) is 0 Å². The van der Waals surface area contributed by atoms with Crippen LogP contribution in [0.25, 0.3) is 0 Å². The first-order valence-electron chi connectivity index (χ1n) is 5.43. The molecule has 1 saturated heterocycles. The smallest absolute Gasteiger partial charge is 0.339 e. The predicted octanol–water partition coefficient (Wildman–Crippen LogP) is 2.26. The van der Waals surface area contributed by atoms with Crippen LogP contribution >= 0.6 is 11.6 Å². The van der Waals surface area contributed by atoms with Gasteiger partial charge in [0.2, 0.25) is 0 Å². The maximum Gasteiger partial charge on any atom is 0.339 e. The molecule has 1 fully saturated rings. The fraction of sp³-hybridized carbons (Fsp3) is 0.417. The summed E-state index contributed by atoms with van der Waals surface area (Å²) in [4.78, 5) is 13.2. The molecule has 92 valence electrons. The van der Waals surface area contributed by atoms with Crippen LogP contribution in [-0.4, -0.2) is 37.4 Å². The summed E-state index contributed by atoms with van der Waals surface area (Å²) in [7, 11) is 1.87. The van der Waals surface area contributed by atoms with E-state index in [2.05, 4.69) is 0 Å². The first-order valence-corrected chi connectivity index (χ1v) is 5.81. The molecule has 1 atom stereocenters. The molecule has 1 N–H and O–H groups in total. The lowest BCUT2D eigenvalue weighted by Gasteiger charge is -2.27. The second-order valence-electron chi connectivity index (χ2n) is 4.07. The van der Waals surface area contributed by atoms with Crippen molar-refractivity contribution < 1.29 is 14.6 Å². The number of likely N-dealkylation sites (N-methyl/N-ethyl adjacent to an activating group) is 1. The average molecular weight is 256 g/mol. The first-order chi connectivity index (χ1) is 8.11. The van der Waals surface area contributed by atoms with Crippen LogP contribution in [-0.2, 0) is 4.74 Å². The van der Waals surface area contributed by atoms with Crippen molar-refractivity contribution in [2.24, 2.45) is 0 Å². The fourth-order valence-corrected chi connectivity index (χ4v) is 2.29. The highest BCUT2D eigenvalue weighted by Gasteiger charge is 2.25. The van der Waals surface area contributed by atoms with Crippen molar-refractivity contribution in [2.45, 2.75) is 12.5 Å². The topological polar surface area (TPSA) is 49.8 Å². The Morgan fingerprint density at radius 2 is 2.35 bits per heavy atom. The minimum absolute atomic E-state index is 0.156. The van der Waals surface area contributed by atoms with Crippen molar-refractivity contribution >= 4 is 23.3 Å². The van der Waals surface area contributed by atoms with E-state index in [0.717, 1.165) is 13.0 Å². The van der Waals surface area contributed by atoms with Gasteiger partial charge in [0, 0.05) is 13.7 Å². The Balaban J connectivity index is 2.36. The van der Waals surface area contributed by atoms with Crippen molar-refractivity contribution in [2.75, 3.05) is 25.2 Å². The molecule has 0 aliphatic carbocycles. The van der Waals surface area contributed by atoms with Gasteiger partial charge in [-0.3, -0.25) is 0 Å². The van der Waals surface area contributed by atoms with Gasteiger partial charge in [0.15, 0.2) is 0 Å². The Morgan fingerprint density at radius 3 is 2.94 bits per heavy atom. The van der Waals surface area contributed by atoms with Crippen molar-refractivity contribution in [3.63, 3.8) is 0 Å². The number of aromatic carboxylic acids is 1. The molecule has 1 aliphatic rings. The van der Waals surface area contributed by atoms with Gasteiger partial charge in [-0.15, -0.1) is 0 Å². The third kappa shape index (κ3) is 2.37. The van der Waals surface area contributed by atoms with E-state index in [9.17, 15) is 9.90 Å². The van der Waals surface area contributed by atoms with E-state index in [0.29, 0.717) is 12.3 Å². The highest BCUT2D eigenvalue weighted by molar-refractivity contribution is 6.34. The summed E-state index contributed by atoms with van der Waals surface area (Å²) in [6.07, 6.45) is 0.905. The molecule has 4 nitrogen and oxygen atoms in total. The number of carboxylic acids is 1. The molecule has 17 heavy (non-hydrogen) atoms. The minimum atomic E-state index is -1.00. The highest BCUT2D eigenvalue weighted by Crippen LogP contribution is 2.29. The normalized spacial score (nSPS) is 19.3. The summed E-state index contributed by atoms with van der Waals surface area (Å²) in [6.45, 7) is 1.35. The Hall–Kier alpha value is -1.26. The van der Waals surface area contributed by atoms with Gasteiger partial charge in [0.1, 0.15) is 5.56 Å². The molecule has 0 spiro atoms. The zero-order valence-corrected chi connectivity index (χ0v) is 10.3. The number of anilines is 1. The molecule has 1 aliphatic heterocycles. The largest absolute Gasteiger partial charge is 0.478 e. The molecule has 0 amide bonds. The van der Waals surface area contributed by atoms with Crippen LogP contribution in [0.15, 0.2) is 18.2 Å². The molecule has 1 heterocycles. The zero-order chi connectivity index (χ0) is 12.4. The van der Waals surface area contributed by atoms with Gasteiger partial charge in [0.05, 0.1) is 23.4 Å². The number of hydrogen-bond acceptors (Lipinski definition) is 3. The second-order valence-corrected chi connectivity index (χ2v) is 4.47. The SMILES string of the molecule is CN(c1cccc(Cl)c1C(=O)O)C1CCOC1. The summed E-state index contributed by atoms with van der Waals surface area (Å²) >= 11 is 5.94. The monoisotopic (exact) mass is 255 g/mol. The third-order valence-corrected chi connectivity index (χ3v) is 3.35. The van der Waals surface area contributed by atoms with Crippen LogP contribution in [0.5, 0.6) is 0 Å². The van der Waals surface area contributed by atoms with E-state index in [1.807, 2.05) is 11.9 Å². The molecule has 1 unspecified atom stereocenters. The van der Waals surface area contributed by atoms with Crippen molar-refractivity contribution in [1.29, 1.82) is 0 Å². The van der Waals surface area contributed by atoms with Gasteiger partial charge >= 0.3 is 5.97 Å². The lowest BCUT2D eigenvalue weighted by Crippen LogP contribution is -2.33. The van der Waals surface area contributed by atoms with E-state index in [1.165, 1.54) is 0 Å². The number of benzene rings is 1. The van der Waals surface area contributed by atoms with Crippen molar-refractivity contribution in [1.82, 2.24) is 0 Å². The van der Waals surface area contributed by atoms with Crippen LogP contribution in [0.2, 0.25) is 5.02 Å². The average Bonchev–Trinajstić information content (AvgIpc) is 2.80. The van der Waals surface area contributed by atoms with E-state index in [1.54, 1.807) is 18.2 Å². The number of rotatable bonds is 3. The van der Waals surface area contributed by atoms with E-state index < -0.39 is 5.97 Å². The first kappa shape index (κ1) is 12.2. The Morgan fingerprint density at radius 1 is 1.59 bits per heavy atom. The van der Waals surface area contributed by atoms with E-state index in [-0.39, 0.29) is 16.6 Å². The van der Waals surface area contributed by atoms with Gasteiger partial charge in [0.25, 0.3) is 0 Å². The number of halogens is 1. The molecule has 1 aromatic carbocycles. The molecule has 1 aromatic rings. The number of hydrogen-bond donors (Lipinski definition) is 1. The molecular weight excluding hydrogens is 242 g/mol. The van der Waals surface area contributed by atoms with Crippen molar-refractivity contribution in [3.8, 4) is 0 Å². The van der Waals surface area contributed by atoms with E-state index >= 15 is 0 Å². The molecule has 0 saturated carbocycles. The Kier molecular flexibility index (Phi) is 3.54. The second kappa shape index (κ2) is 4.94. The van der Waals surface area contributed by atoms with Gasteiger partial charge in [-0.25, -0.2) is 4.79 Å². The molecule has 5 heteroatoms. The summed E-state index contributed by atoms with van der Waals surface area (Å²) in [5.74, 6) is -1.00. The zero-order valence-electron chi connectivity index (χ0n) is 9.52. The molecule has 0 bridgehead atoms. The summed E-state index contributed by atoms with van der Waals surface area (Å²) in [5, 5.41) is 9.46. The fourth-order valence-electron chi connectivity index (χ4n) is 2.04. The molecule has 2 rings (SSSR count). The number of carboxylic acid groups (broad SMARTS) is 1. The van der Waals surface area contributed by atoms with Crippen LogP contribution in [0, 0.1) is 0 Å². The van der Waals surface area contributed by atoms with E-state index in [4.69, 9.17) is 16.3 Å². The van der Waals surface area contributed by atoms with Gasteiger partial charge in [-0.05, 0) is 18.6 Å². The van der Waals surface area contributed by atoms with Gasteiger partial charge in [-0.2, -0.15) is 0 Å². The highest BCUT2D eigenvalue weighted by atomic mass is 35.5. The summed E-state index contributed by atoms with van der Waals surface area (Å²) in [6, 6.07) is 5.34.